The van der Waals surface area contributed by atoms with E-state index in [0.717, 1.165) is 11.3 Å². The van der Waals surface area contributed by atoms with Crippen LogP contribution in [0, 0.1) is 11.3 Å². The van der Waals surface area contributed by atoms with E-state index in [4.69, 9.17) is 21.6 Å². The first-order valence-corrected chi connectivity index (χ1v) is 6.26. The van der Waals surface area contributed by atoms with Crippen LogP contribution in [0.4, 0.5) is 0 Å². The Morgan fingerprint density at radius 1 is 1.42 bits per heavy atom. The van der Waals surface area contributed by atoms with Crippen molar-refractivity contribution in [2.75, 3.05) is 7.11 Å². The third-order valence-electron chi connectivity index (χ3n) is 2.13. The summed E-state index contributed by atoms with van der Waals surface area (Å²) in [4.78, 5) is 15.5. The van der Waals surface area contributed by atoms with Crippen LogP contribution in [0.2, 0.25) is 5.15 Å². The van der Waals surface area contributed by atoms with Crippen LogP contribution in [-0.2, 0) is 4.74 Å². The Morgan fingerprint density at radius 2 is 2.11 bits per heavy atom. The van der Waals surface area contributed by atoms with Gasteiger partial charge < -0.3 is 9.47 Å². The molecule has 0 spiro atoms. The summed E-state index contributed by atoms with van der Waals surface area (Å²) in [7, 11) is 1.26. The monoisotopic (exact) mass is 294 g/mol. The van der Waals surface area contributed by atoms with Crippen LogP contribution in [-0.4, -0.2) is 18.1 Å². The maximum absolute atomic E-state index is 11.4. The molecule has 0 saturated heterocycles. The van der Waals surface area contributed by atoms with Crippen LogP contribution in [0.15, 0.2) is 24.3 Å². The number of nitriles is 1. The number of hydrogen-bond acceptors (Lipinski definition) is 6. The lowest BCUT2D eigenvalue weighted by Gasteiger charge is -2.00. The topological polar surface area (TPSA) is 72.2 Å². The second kappa shape index (κ2) is 5.69. The van der Waals surface area contributed by atoms with Crippen LogP contribution in [0.5, 0.6) is 10.9 Å². The lowest BCUT2D eigenvalue weighted by molar-refractivity contribution is 0.0606. The highest BCUT2D eigenvalue weighted by atomic mass is 35.5. The number of methoxy groups -OCH3 is 1. The third-order valence-corrected chi connectivity index (χ3v) is 3.42. The molecule has 1 aromatic carbocycles. The number of aromatic nitrogens is 1. The fraction of sp³-hybridized carbons (Fsp3) is 0.0833. The molecule has 0 atom stereocenters. The molecular formula is C12H7ClN2O3S. The van der Waals surface area contributed by atoms with E-state index in [1.807, 2.05) is 6.07 Å². The van der Waals surface area contributed by atoms with Gasteiger partial charge in [-0.1, -0.05) is 22.9 Å². The van der Waals surface area contributed by atoms with Crippen LogP contribution in [0.3, 0.4) is 0 Å². The fourth-order valence-corrected chi connectivity index (χ4v) is 2.31. The molecule has 0 aliphatic heterocycles. The summed E-state index contributed by atoms with van der Waals surface area (Å²) in [5, 5.41) is 8.95. The molecule has 2 aromatic rings. The molecule has 96 valence electrons. The molecule has 0 bridgehead atoms. The van der Waals surface area contributed by atoms with Gasteiger partial charge in [0.15, 0.2) is 10.0 Å². The smallest absolute Gasteiger partial charge is 0.351 e. The van der Waals surface area contributed by atoms with Gasteiger partial charge in [-0.2, -0.15) is 10.2 Å². The maximum Gasteiger partial charge on any atom is 0.351 e. The molecule has 0 N–H and O–H groups in total. The number of ether oxygens (including phenoxy) is 2. The molecule has 7 heteroatoms. The number of thiazole rings is 1. The molecular weight excluding hydrogens is 288 g/mol. The van der Waals surface area contributed by atoms with Crippen LogP contribution >= 0.6 is 22.9 Å². The Hall–Kier alpha value is -2.10. The van der Waals surface area contributed by atoms with Gasteiger partial charge >= 0.3 is 5.97 Å². The summed E-state index contributed by atoms with van der Waals surface area (Å²) < 4.78 is 10.0. The first-order chi connectivity index (χ1) is 9.13. The summed E-state index contributed by atoms with van der Waals surface area (Å²) in [5.41, 5.74) is 0.528. The number of nitrogens with zero attached hydrogens (tertiary/aromatic N) is 2. The number of esters is 1. The minimum absolute atomic E-state index is 0.0421. The number of rotatable bonds is 3. The van der Waals surface area contributed by atoms with Gasteiger partial charge in [-0.05, 0) is 24.3 Å². The Kier molecular flexibility index (Phi) is 4.00. The van der Waals surface area contributed by atoms with Crippen molar-refractivity contribution in [3.8, 4) is 17.0 Å². The molecule has 0 aliphatic carbocycles. The molecule has 0 saturated carbocycles. The van der Waals surface area contributed by atoms with Crippen molar-refractivity contribution < 1.29 is 14.3 Å². The summed E-state index contributed by atoms with van der Waals surface area (Å²) in [6.07, 6.45) is 0. The minimum atomic E-state index is -0.558. The quantitative estimate of drug-likeness (QED) is 0.813. The van der Waals surface area contributed by atoms with Crippen molar-refractivity contribution in [3.63, 3.8) is 0 Å². The van der Waals surface area contributed by atoms with Crippen LogP contribution in [0.25, 0.3) is 0 Å². The number of carbonyl (C=O) groups is 1. The van der Waals surface area contributed by atoms with Crippen molar-refractivity contribution in [1.29, 1.82) is 5.26 Å². The van der Waals surface area contributed by atoms with E-state index < -0.39 is 5.97 Å². The molecule has 0 unspecified atom stereocenters. The van der Waals surface area contributed by atoms with Crippen molar-refractivity contribution in [3.05, 3.63) is 39.9 Å². The van der Waals surface area contributed by atoms with Gasteiger partial charge in [0.2, 0.25) is 0 Å². The SMILES string of the molecule is COC(=O)c1sc(Oc2ccc(C#N)cc2)nc1Cl. The molecule has 19 heavy (non-hydrogen) atoms. The molecule has 1 aromatic heterocycles. The van der Waals surface area contributed by atoms with E-state index in [2.05, 4.69) is 9.72 Å². The molecule has 0 amide bonds. The number of carbonyl (C=O) groups excluding carboxylic acids is 1. The zero-order valence-electron chi connectivity index (χ0n) is 9.71. The highest BCUT2D eigenvalue weighted by Gasteiger charge is 2.18. The first-order valence-electron chi connectivity index (χ1n) is 5.06. The van der Waals surface area contributed by atoms with Crippen molar-refractivity contribution in [1.82, 2.24) is 4.98 Å². The van der Waals surface area contributed by atoms with Crippen LogP contribution < -0.4 is 4.74 Å². The minimum Gasteiger partial charge on any atom is -0.465 e. The van der Waals surface area contributed by atoms with Crippen molar-refractivity contribution in [2.24, 2.45) is 0 Å². The number of hydrogen-bond donors (Lipinski definition) is 0. The lowest BCUT2D eigenvalue weighted by Crippen LogP contribution is -1.98. The first kappa shape index (κ1) is 13.3. The second-order valence-electron chi connectivity index (χ2n) is 3.33. The van der Waals surface area contributed by atoms with Crippen molar-refractivity contribution >= 4 is 28.9 Å². The fourth-order valence-electron chi connectivity index (χ4n) is 1.24. The number of benzene rings is 1. The molecule has 0 fully saturated rings. The van der Waals surface area contributed by atoms with E-state index >= 15 is 0 Å². The highest BCUT2D eigenvalue weighted by Crippen LogP contribution is 2.32. The average molecular weight is 295 g/mol. The van der Waals surface area contributed by atoms with Gasteiger partial charge in [0.25, 0.3) is 5.19 Å². The second-order valence-corrected chi connectivity index (χ2v) is 4.65. The zero-order valence-corrected chi connectivity index (χ0v) is 11.3. The molecule has 2 rings (SSSR count). The average Bonchev–Trinajstić information content (AvgIpc) is 2.79. The summed E-state index contributed by atoms with van der Waals surface area (Å²) in [5.74, 6) is -0.0574. The van der Waals surface area contributed by atoms with Gasteiger partial charge in [0.05, 0.1) is 18.7 Å². The largest absolute Gasteiger partial charge is 0.465 e. The van der Waals surface area contributed by atoms with Crippen molar-refractivity contribution in [2.45, 2.75) is 0 Å². The van der Waals surface area contributed by atoms with E-state index in [1.54, 1.807) is 24.3 Å². The zero-order chi connectivity index (χ0) is 13.8. The Bertz CT molecular complexity index is 646. The standard InChI is InChI=1S/C12H7ClN2O3S/c1-17-11(16)9-10(13)15-12(19-9)18-8-4-2-7(6-14)3-5-8/h2-5H,1H3. The molecule has 5 nitrogen and oxygen atoms in total. The third kappa shape index (κ3) is 3.02. The Labute approximate surface area is 118 Å². The van der Waals surface area contributed by atoms with Gasteiger partial charge in [0.1, 0.15) is 5.75 Å². The van der Waals surface area contributed by atoms with Gasteiger partial charge in [-0.3, -0.25) is 0 Å². The number of halogens is 1. The van der Waals surface area contributed by atoms with Gasteiger partial charge in [-0.25, -0.2) is 4.79 Å². The molecule has 0 radical (unpaired) electrons. The summed E-state index contributed by atoms with van der Waals surface area (Å²) in [6.45, 7) is 0. The predicted molar refractivity (Wildman–Crippen MR) is 69.7 cm³/mol. The Balaban J connectivity index is 2.19. The predicted octanol–water partition coefficient (Wildman–Crippen LogP) is 3.25. The summed E-state index contributed by atoms with van der Waals surface area (Å²) >= 11 is 6.80. The van der Waals surface area contributed by atoms with E-state index in [0.29, 0.717) is 11.3 Å². The van der Waals surface area contributed by atoms with Gasteiger partial charge in [0, 0.05) is 0 Å². The van der Waals surface area contributed by atoms with Gasteiger partial charge in [-0.15, -0.1) is 0 Å². The highest BCUT2D eigenvalue weighted by molar-refractivity contribution is 7.15. The molecule has 0 aliphatic rings. The van der Waals surface area contributed by atoms with Crippen LogP contribution in [0.1, 0.15) is 15.2 Å². The Morgan fingerprint density at radius 3 is 2.68 bits per heavy atom. The van der Waals surface area contributed by atoms with E-state index in [-0.39, 0.29) is 15.2 Å². The lowest BCUT2D eigenvalue weighted by atomic mass is 10.2. The van der Waals surface area contributed by atoms with E-state index in [9.17, 15) is 4.79 Å². The maximum atomic E-state index is 11.4. The molecule has 1 heterocycles. The summed E-state index contributed by atoms with van der Waals surface area (Å²) in [6, 6.07) is 8.50. The van der Waals surface area contributed by atoms with E-state index in [1.165, 1.54) is 7.11 Å². The normalized spacial score (nSPS) is 9.74.